The molecule has 1 atom stereocenters. The van der Waals surface area contributed by atoms with Gasteiger partial charge >= 0.3 is 11.9 Å². The van der Waals surface area contributed by atoms with Crippen LogP contribution in [0.5, 0.6) is 0 Å². The maximum Gasteiger partial charge on any atom is 0.339 e. The quantitative estimate of drug-likeness (QED) is 0.430. The van der Waals surface area contributed by atoms with E-state index in [-0.39, 0.29) is 11.1 Å². The van der Waals surface area contributed by atoms with Crippen molar-refractivity contribution >= 4 is 29.2 Å². The minimum absolute atomic E-state index is 0.179. The van der Waals surface area contributed by atoms with E-state index in [1.165, 1.54) is 6.92 Å². The van der Waals surface area contributed by atoms with Crippen LogP contribution < -0.4 is 5.32 Å². The van der Waals surface area contributed by atoms with Crippen molar-refractivity contribution in [3.05, 3.63) is 69.3 Å². The Morgan fingerprint density at radius 1 is 1.07 bits per heavy atom. The van der Waals surface area contributed by atoms with E-state index in [4.69, 9.17) is 4.74 Å². The lowest BCUT2D eigenvalue weighted by atomic mass is 10.1. The molecule has 9 heteroatoms. The predicted octanol–water partition coefficient (Wildman–Crippen LogP) is 3.13. The standard InChI is InChI=1S/C20H20N2O7/c1-4-13-5-7-16(8-6-13)21-18(23)12(2)29-20(25)15-9-14(19(24)28-3)10-17(11-15)22(26)27/h5-12H,4H2,1-3H3,(H,21,23). The molecule has 0 heterocycles. The fourth-order valence-corrected chi connectivity index (χ4v) is 2.42. The largest absolute Gasteiger partial charge is 0.465 e. The zero-order valence-corrected chi connectivity index (χ0v) is 16.1. The molecule has 1 N–H and O–H groups in total. The van der Waals surface area contributed by atoms with Crippen LogP contribution in [-0.2, 0) is 20.7 Å². The minimum atomic E-state index is -1.17. The molecule has 2 rings (SSSR count). The summed E-state index contributed by atoms with van der Waals surface area (Å²) in [6.45, 7) is 3.38. The lowest BCUT2D eigenvalue weighted by molar-refractivity contribution is -0.384. The van der Waals surface area contributed by atoms with Gasteiger partial charge < -0.3 is 14.8 Å². The van der Waals surface area contributed by atoms with E-state index >= 15 is 0 Å². The number of methoxy groups -OCH3 is 1. The molecule has 2 aromatic rings. The van der Waals surface area contributed by atoms with Crippen molar-refractivity contribution < 1.29 is 28.8 Å². The number of esters is 2. The summed E-state index contributed by atoms with van der Waals surface area (Å²) in [7, 11) is 1.11. The highest BCUT2D eigenvalue weighted by atomic mass is 16.6. The van der Waals surface area contributed by atoms with Crippen LogP contribution in [0.25, 0.3) is 0 Å². The number of benzene rings is 2. The van der Waals surface area contributed by atoms with E-state index in [9.17, 15) is 24.5 Å². The normalized spacial score (nSPS) is 11.3. The number of nitrogens with one attached hydrogen (secondary N) is 1. The molecule has 29 heavy (non-hydrogen) atoms. The molecule has 0 radical (unpaired) electrons. The molecule has 0 fully saturated rings. The van der Waals surface area contributed by atoms with Gasteiger partial charge in [0.05, 0.1) is 23.2 Å². The second-order valence-corrected chi connectivity index (χ2v) is 6.10. The number of aryl methyl sites for hydroxylation is 1. The van der Waals surface area contributed by atoms with Crippen molar-refractivity contribution in [1.29, 1.82) is 0 Å². The molecule has 0 saturated carbocycles. The SMILES string of the molecule is CCc1ccc(NC(=O)C(C)OC(=O)c2cc(C(=O)OC)cc([N+](=O)[O-])c2)cc1. The van der Waals surface area contributed by atoms with Crippen molar-refractivity contribution in [3.63, 3.8) is 0 Å². The number of nitro benzene ring substituents is 1. The number of nitro groups is 1. The zero-order chi connectivity index (χ0) is 21.6. The lowest BCUT2D eigenvalue weighted by Crippen LogP contribution is -2.30. The van der Waals surface area contributed by atoms with Gasteiger partial charge in [0.1, 0.15) is 0 Å². The third-order valence-corrected chi connectivity index (χ3v) is 4.07. The number of non-ortho nitro benzene ring substituents is 1. The van der Waals surface area contributed by atoms with Crippen LogP contribution >= 0.6 is 0 Å². The summed E-state index contributed by atoms with van der Waals surface area (Å²) in [6, 6.07) is 10.2. The molecule has 0 aliphatic carbocycles. The first-order valence-electron chi connectivity index (χ1n) is 8.73. The Kier molecular flexibility index (Phi) is 7.02. The number of rotatable bonds is 7. The summed E-state index contributed by atoms with van der Waals surface area (Å²) in [5.74, 6) is -2.40. The molecule has 1 amide bonds. The van der Waals surface area contributed by atoms with Crippen LogP contribution in [0.3, 0.4) is 0 Å². The molecule has 0 aliphatic heterocycles. The van der Waals surface area contributed by atoms with E-state index in [0.29, 0.717) is 5.69 Å². The van der Waals surface area contributed by atoms with Gasteiger partial charge in [-0.15, -0.1) is 0 Å². The number of hydrogen-bond acceptors (Lipinski definition) is 7. The van der Waals surface area contributed by atoms with Crippen LogP contribution in [0.4, 0.5) is 11.4 Å². The Balaban J connectivity index is 2.13. The van der Waals surface area contributed by atoms with Gasteiger partial charge in [-0.05, 0) is 37.1 Å². The van der Waals surface area contributed by atoms with E-state index in [1.807, 2.05) is 19.1 Å². The van der Waals surface area contributed by atoms with Crippen LogP contribution in [0.2, 0.25) is 0 Å². The molecule has 0 aliphatic rings. The Morgan fingerprint density at radius 2 is 1.66 bits per heavy atom. The molecule has 0 saturated heterocycles. The molecular formula is C20H20N2O7. The number of carbonyl (C=O) groups excluding carboxylic acids is 3. The molecule has 0 bridgehead atoms. The Labute approximate surface area is 166 Å². The number of ether oxygens (including phenoxy) is 2. The average Bonchev–Trinajstić information content (AvgIpc) is 2.73. The zero-order valence-electron chi connectivity index (χ0n) is 16.1. The van der Waals surface area contributed by atoms with Gasteiger partial charge in [-0.25, -0.2) is 9.59 Å². The highest BCUT2D eigenvalue weighted by molar-refractivity contribution is 5.99. The Bertz CT molecular complexity index is 938. The number of hydrogen-bond donors (Lipinski definition) is 1. The third kappa shape index (κ3) is 5.61. The third-order valence-electron chi connectivity index (χ3n) is 4.07. The predicted molar refractivity (Wildman–Crippen MR) is 104 cm³/mol. The monoisotopic (exact) mass is 400 g/mol. The van der Waals surface area contributed by atoms with Crippen LogP contribution in [0.1, 0.15) is 40.1 Å². The van der Waals surface area contributed by atoms with Gasteiger partial charge in [0.25, 0.3) is 11.6 Å². The average molecular weight is 400 g/mol. The summed E-state index contributed by atoms with van der Waals surface area (Å²) in [5.41, 5.74) is 0.745. The fraction of sp³-hybridized carbons (Fsp3) is 0.250. The molecule has 9 nitrogen and oxygen atoms in total. The highest BCUT2D eigenvalue weighted by Crippen LogP contribution is 2.19. The van der Waals surface area contributed by atoms with Gasteiger partial charge in [-0.3, -0.25) is 14.9 Å². The first-order valence-corrected chi connectivity index (χ1v) is 8.73. The topological polar surface area (TPSA) is 125 Å². The van der Waals surface area contributed by atoms with E-state index in [1.54, 1.807) is 12.1 Å². The lowest BCUT2D eigenvalue weighted by Gasteiger charge is -2.14. The van der Waals surface area contributed by atoms with Gasteiger partial charge in [0.15, 0.2) is 6.10 Å². The van der Waals surface area contributed by atoms with Crippen LogP contribution in [0, 0.1) is 10.1 Å². The molecule has 0 aromatic heterocycles. The summed E-state index contributed by atoms with van der Waals surface area (Å²) < 4.78 is 9.62. The van der Waals surface area contributed by atoms with Crippen molar-refractivity contribution in [2.75, 3.05) is 12.4 Å². The van der Waals surface area contributed by atoms with Crippen molar-refractivity contribution in [2.24, 2.45) is 0 Å². The highest BCUT2D eigenvalue weighted by Gasteiger charge is 2.23. The number of anilines is 1. The van der Waals surface area contributed by atoms with E-state index in [0.717, 1.165) is 37.3 Å². The Hall–Kier alpha value is -3.75. The first-order chi connectivity index (χ1) is 13.7. The van der Waals surface area contributed by atoms with Gasteiger partial charge in [0.2, 0.25) is 0 Å². The van der Waals surface area contributed by atoms with Gasteiger partial charge in [-0.2, -0.15) is 0 Å². The second-order valence-electron chi connectivity index (χ2n) is 6.10. The number of amides is 1. The summed E-state index contributed by atoms with van der Waals surface area (Å²) in [4.78, 5) is 46.6. The minimum Gasteiger partial charge on any atom is -0.465 e. The molecule has 0 spiro atoms. The van der Waals surface area contributed by atoms with Crippen molar-refractivity contribution in [2.45, 2.75) is 26.4 Å². The summed E-state index contributed by atoms with van der Waals surface area (Å²) in [6.07, 6.45) is -0.312. The smallest absolute Gasteiger partial charge is 0.339 e. The van der Waals surface area contributed by atoms with E-state index < -0.39 is 34.6 Å². The maximum atomic E-state index is 12.4. The fourth-order valence-electron chi connectivity index (χ4n) is 2.42. The summed E-state index contributed by atoms with van der Waals surface area (Å²) in [5, 5.41) is 13.7. The van der Waals surface area contributed by atoms with Gasteiger partial charge in [-0.1, -0.05) is 19.1 Å². The second kappa shape index (κ2) is 9.45. The molecule has 2 aromatic carbocycles. The number of carbonyl (C=O) groups is 3. The van der Waals surface area contributed by atoms with Crippen LogP contribution in [-0.4, -0.2) is 36.0 Å². The number of nitrogens with zero attached hydrogens (tertiary/aromatic N) is 1. The molecular weight excluding hydrogens is 380 g/mol. The first kappa shape index (κ1) is 21.5. The van der Waals surface area contributed by atoms with Crippen molar-refractivity contribution in [3.8, 4) is 0 Å². The van der Waals surface area contributed by atoms with Gasteiger partial charge in [0, 0.05) is 17.8 Å². The van der Waals surface area contributed by atoms with E-state index in [2.05, 4.69) is 10.1 Å². The Morgan fingerprint density at radius 3 is 2.17 bits per heavy atom. The van der Waals surface area contributed by atoms with Crippen LogP contribution in [0.15, 0.2) is 42.5 Å². The van der Waals surface area contributed by atoms with Crippen molar-refractivity contribution in [1.82, 2.24) is 0 Å². The molecule has 152 valence electrons. The molecule has 1 unspecified atom stereocenters. The maximum absolute atomic E-state index is 12.4. The summed E-state index contributed by atoms with van der Waals surface area (Å²) >= 11 is 0.